The lowest BCUT2D eigenvalue weighted by molar-refractivity contribution is -0.132. The van der Waals surface area contributed by atoms with Crippen molar-refractivity contribution in [2.75, 3.05) is 33.1 Å². The van der Waals surface area contributed by atoms with Crippen LogP contribution in [0.25, 0.3) is 10.8 Å². The van der Waals surface area contributed by atoms with Gasteiger partial charge in [0, 0.05) is 30.3 Å². The smallest absolute Gasteiger partial charge is 0.200 e. The largest absolute Gasteiger partial charge is 0.668 e. The molecule has 3 heterocycles. The summed E-state index contributed by atoms with van der Waals surface area (Å²) in [6, 6.07) is 24.9. The van der Waals surface area contributed by atoms with Gasteiger partial charge in [-0.3, -0.25) is 4.79 Å². The van der Waals surface area contributed by atoms with Crippen LogP contribution in [0.1, 0.15) is 71.9 Å². The standard InChI is InChI=1S/C50H55N4O9/c1-51-27-32-20-30(31-23-43(60)49(61)45(24-31)63-3)22-42(59)48(41(58)13-7-28-6-12-40(57)44(19-28)62-2)50(16-14-39(56)37(50)26-34-5-4-17-52-34)33-15-18-53-46(25-33)54-38-11-8-29-21-35(55)9-10-36(29)47(32)38/h4-6,8-12,15,17-19,21,23-25,30,32,37,39,41,48,51,55-58,60-61H,7,13-14,16,20,22,26-27H2,1-3H3,(H,53,54)/q-1. The Morgan fingerprint density at radius 2 is 1.78 bits per heavy atom. The maximum absolute atomic E-state index is 15.9. The molecule has 7 unspecified atom stereocenters. The lowest BCUT2D eigenvalue weighted by Crippen LogP contribution is -2.51. The molecule has 0 saturated heterocycles. The van der Waals surface area contributed by atoms with Gasteiger partial charge in [-0.25, -0.2) is 4.98 Å². The third-order valence-corrected chi connectivity index (χ3v) is 13.5. The van der Waals surface area contributed by atoms with Gasteiger partial charge in [0.15, 0.2) is 23.0 Å². The minimum atomic E-state index is -1.21. The number of aliphatic hydroxyl groups excluding tert-OH is 2. The Bertz CT molecular complexity index is 2580. The number of fused-ring (bicyclic) bond motifs is 6. The second-order valence-electron chi connectivity index (χ2n) is 17.1. The van der Waals surface area contributed by atoms with E-state index in [2.05, 4.69) is 15.6 Å². The first-order chi connectivity index (χ1) is 30.4. The van der Waals surface area contributed by atoms with E-state index in [-0.39, 0.29) is 41.8 Å². The van der Waals surface area contributed by atoms with Crippen molar-refractivity contribution in [1.29, 1.82) is 0 Å². The molecule has 1 aliphatic heterocycles. The molecule has 13 heteroatoms. The molecule has 1 aliphatic carbocycles. The van der Waals surface area contributed by atoms with Crippen molar-refractivity contribution in [3.8, 4) is 34.5 Å². The number of hydrogen-bond donors (Lipinski definition) is 8. The van der Waals surface area contributed by atoms with Gasteiger partial charge in [-0.15, -0.1) is 0 Å². The highest BCUT2D eigenvalue weighted by atomic mass is 16.5. The van der Waals surface area contributed by atoms with Crippen LogP contribution in [0.2, 0.25) is 0 Å². The molecule has 4 aromatic carbocycles. The van der Waals surface area contributed by atoms with E-state index in [0.29, 0.717) is 55.8 Å². The molecule has 13 nitrogen and oxygen atoms in total. The predicted molar refractivity (Wildman–Crippen MR) is 239 cm³/mol. The maximum atomic E-state index is 15.9. The minimum Gasteiger partial charge on any atom is -0.668 e. The fraction of sp³-hybridized carbons (Fsp3) is 0.360. The molecule has 1 saturated carbocycles. The Hall–Kier alpha value is -6.28. The molecule has 1 fully saturated rings. The van der Waals surface area contributed by atoms with Crippen LogP contribution in [0.15, 0.2) is 97.3 Å². The number of aliphatic hydroxyl groups is 2. The lowest BCUT2D eigenvalue weighted by atomic mass is 9.58. The highest BCUT2D eigenvalue weighted by molar-refractivity contribution is 5.93. The van der Waals surface area contributed by atoms with Crippen LogP contribution in [-0.2, 0) is 23.1 Å². The number of anilines is 2. The lowest BCUT2D eigenvalue weighted by Gasteiger charge is -2.46. The summed E-state index contributed by atoms with van der Waals surface area (Å²) < 4.78 is 10.9. The van der Waals surface area contributed by atoms with Gasteiger partial charge in [-0.1, -0.05) is 30.3 Å². The number of benzene rings is 4. The molecule has 8 rings (SSSR count). The predicted octanol–water partition coefficient (Wildman–Crippen LogP) is 7.09. The number of aryl methyl sites for hydroxylation is 1. The maximum Gasteiger partial charge on any atom is 0.200 e. The number of Topliss-reactive ketones (excluding diaryl/α,β-unsaturated/α-hetero) is 1. The molecule has 0 amide bonds. The van der Waals surface area contributed by atoms with Gasteiger partial charge >= 0.3 is 0 Å². The van der Waals surface area contributed by atoms with Crippen molar-refractivity contribution in [2.24, 2.45) is 11.8 Å². The minimum absolute atomic E-state index is 0.00927. The molecule has 1 spiro atoms. The number of aromatic hydroxyl groups is 4. The van der Waals surface area contributed by atoms with E-state index < -0.39 is 46.9 Å². The summed E-state index contributed by atoms with van der Waals surface area (Å²) >= 11 is 0. The molecule has 7 atom stereocenters. The number of phenolic OH excluding ortho intramolecular Hbond substituents is 4. The number of carbonyl (C=O) groups is 1. The van der Waals surface area contributed by atoms with Crippen LogP contribution in [-0.4, -0.2) is 81.4 Å². The molecule has 2 aromatic heterocycles. The van der Waals surface area contributed by atoms with Gasteiger partial charge in [0.1, 0.15) is 17.4 Å². The average Bonchev–Trinajstić information content (AvgIpc) is 3.91. The third-order valence-electron chi connectivity index (χ3n) is 13.5. The molecule has 2 bridgehead atoms. The number of pyridine rings is 1. The van der Waals surface area contributed by atoms with Crippen LogP contribution >= 0.6 is 0 Å². The van der Waals surface area contributed by atoms with E-state index in [1.54, 1.807) is 48.8 Å². The molecule has 6 aromatic rings. The first-order valence-corrected chi connectivity index (χ1v) is 21.5. The zero-order chi connectivity index (χ0) is 44.4. The fourth-order valence-electron chi connectivity index (χ4n) is 10.7. The van der Waals surface area contributed by atoms with Crippen LogP contribution in [0, 0.1) is 11.8 Å². The molecular formula is C50H55N4O9-. The van der Waals surface area contributed by atoms with Crippen LogP contribution in [0.5, 0.6) is 34.5 Å². The van der Waals surface area contributed by atoms with E-state index in [1.165, 1.54) is 20.3 Å². The van der Waals surface area contributed by atoms with Crippen molar-refractivity contribution in [1.82, 2.24) is 15.3 Å². The summed E-state index contributed by atoms with van der Waals surface area (Å²) in [4.78, 5) is 25.3. The van der Waals surface area contributed by atoms with Crippen LogP contribution in [0.3, 0.4) is 0 Å². The van der Waals surface area contributed by atoms with E-state index >= 15 is 4.79 Å². The van der Waals surface area contributed by atoms with Crippen molar-refractivity contribution < 1.29 is 44.9 Å². The average molecular weight is 856 g/mol. The van der Waals surface area contributed by atoms with Crippen molar-refractivity contribution >= 4 is 28.1 Å². The van der Waals surface area contributed by atoms with Gasteiger partial charge in [0.25, 0.3) is 0 Å². The summed E-state index contributed by atoms with van der Waals surface area (Å²) in [5, 5.41) is 76.3. The number of carbonyl (C=O) groups excluding carboxylic acids is 1. The Morgan fingerprint density at radius 1 is 0.952 bits per heavy atom. The number of hydrogen-bond acceptors (Lipinski definition) is 12. The number of aromatic nitrogens is 2. The van der Waals surface area contributed by atoms with Crippen molar-refractivity contribution in [2.45, 2.75) is 74.4 Å². The fourth-order valence-corrected chi connectivity index (χ4v) is 10.7. The molecule has 330 valence electrons. The number of nitrogens with one attached hydrogen (secondary N) is 2. The summed E-state index contributed by atoms with van der Waals surface area (Å²) in [6.07, 6.45) is 3.30. The molecular weight excluding hydrogens is 801 g/mol. The second-order valence-corrected chi connectivity index (χ2v) is 17.1. The number of rotatable bonds is 11. The Morgan fingerprint density at radius 3 is 2.54 bits per heavy atom. The van der Waals surface area contributed by atoms with Crippen molar-refractivity contribution in [3.05, 3.63) is 125 Å². The highest BCUT2D eigenvalue weighted by Crippen LogP contribution is 2.55. The summed E-state index contributed by atoms with van der Waals surface area (Å²) in [6.45, 7) is 0.473. The Balaban J connectivity index is 1.35. The molecule has 0 radical (unpaired) electrons. The molecule has 63 heavy (non-hydrogen) atoms. The quantitative estimate of drug-likeness (QED) is 0.0614. The number of nitrogens with zero attached hydrogens (tertiary/aromatic N) is 2. The van der Waals surface area contributed by atoms with Gasteiger partial charge < -0.3 is 55.7 Å². The number of ketones is 1. The second kappa shape index (κ2) is 18.2. The topological polar surface area (TPSA) is 208 Å². The van der Waals surface area contributed by atoms with Crippen LogP contribution < -0.4 is 25.1 Å². The summed E-state index contributed by atoms with van der Waals surface area (Å²) in [5.41, 5.74) is 3.45. The monoisotopic (exact) mass is 855 g/mol. The van der Waals surface area contributed by atoms with E-state index in [1.807, 2.05) is 49.5 Å². The zero-order valence-corrected chi connectivity index (χ0v) is 35.7. The SMILES string of the molecule is CNCC1CC(c2cc(O)c(O)c(OC)c2)CC(=O)C(C(O)CCc2ccc(O)c(OC)c2)C2(CCC(O)C2Cc2ccc[n-]2)c2ccnc(c2)Nc2ccc3cc(O)ccc3c21. The first kappa shape index (κ1) is 43.4. The third kappa shape index (κ3) is 8.48. The van der Waals surface area contributed by atoms with E-state index in [0.717, 1.165) is 38.8 Å². The normalized spacial score (nSPS) is 23.0. The van der Waals surface area contributed by atoms with Gasteiger partial charge in [0.05, 0.1) is 32.3 Å². The Kier molecular flexibility index (Phi) is 12.5. The number of ether oxygens (including phenoxy) is 2. The summed E-state index contributed by atoms with van der Waals surface area (Å²) in [7, 11) is 4.73. The van der Waals surface area contributed by atoms with E-state index in [4.69, 9.17) is 14.5 Å². The number of methoxy groups -OCH3 is 2. The molecule has 8 N–H and O–H groups in total. The summed E-state index contributed by atoms with van der Waals surface area (Å²) in [5.74, 6) is -2.52. The van der Waals surface area contributed by atoms with Gasteiger partial charge in [0.2, 0.25) is 5.75 Å². The Labute approximate surface area is 366 Å². The highest BCUT2D eigenvalue weighted by Gasteiger charge is 2.57. The van der Waals surface area contributed by atoms with Crippen LogP contribution in [0.4, 0.5) is 11.5 Å². The van der Waals surface area contributed by atoms with Gasteiger partial charge in [-0.05, 0) is 151 Å². The number of likely N-dealkylation sites (N-methyl/N-ethyl adjacent to an activating group) is 1. The van der Waals surface area contributed by atoms with E-state index in [9.17, 15) is 30.6 Å². The van der Waals surface area contributed by atoms with Crippen molar-refractivity contribution in [3.63, 3.8) is 0 Å². The van der Waals surface area contributed by atoms with Gasteiger partial charge in [-0.2, -0.15) is 11.9 Å². The number of phenols is 4. The zero-order valence-electron chi connectivity index (χ0n) is 35.7. The first-order valence-electron chi connectivity index (χ1n) is 21.5. The molecule has 2 aliphatic rings.